The van der Waals surface area contributed by atoms with E-state index in [1.165, 1.54) is 0 Å². The zero-order valence-electron chi connectivity index (χ0n) is 9.59. The number of thioether (sulfide) groups is 1. The lowest BCUT2D eigenvalue weighted by molar-refractivity contribution is -0.119. The molecule has 1 aromatic heterocycles. The SMILES string of the molecule is CSCC[C@H](N)C(=O)N(C)c1cccnc1. The second-order valence-electron chi connectivity index (χ2n) is 3.50. The zero-order chi connectivity index (χ0) is 12.0. The van der Waals surface area contributed by atoms with Gasteiger partial charge in [0.15, 0.2) is 0 Å². The summed E-state index contributed by atoms with van der Waals surface area (Å²) in [5.74, 6) is 0.829. The predicted octanol–water partition coefficient (Wildman–Crippen LogP) is 1.12. The minimum absolute atomic E-state index is 0.0675. The van der Waals surface area contributed by atoms with Crippen LogP contribution in [-0.2, 0) is 4.79 Å². The van der Waals surface area contributed by atoms with E-state index in [0.717, 1.165) is 11.4 Å². The van der Waals surface area contributed by atoms with Crippen LogP contribution in [0.1, 0.15) is 6.42 Å². The number of likely N-dealkylation sites (N-methyl/N-ethyl adjacent to an activating group) is 1. The quantitative estimate of drug-likeness (QED) is 0.836. The molecule has 0 spiro atoms. The first-order valence-electron chi connectivity index (χ1n) is 5.09. The highest BCUT2D eigenvalue weighted by molar-refractivity contribution is 7.98. The third-order valence-corrected chi connectivity index (χ3v) is 2.96. The summed E-state index contributed by atoms with van der Waals surface area (Å²) in [6, 6.07) is 3.20. The maximum absolute atomic E-state index is 11.9. The van der Waals surface area contributed by atoms with E-state index in [1.54, 1.807) is 42.2 Å². The molecule has 1 rings (SSSR count). The van der Waals surface area contributed by atoms with Gasteiger partial charge in [0.05, 0.1) is 17.9 Å². The Morgan fingerprint density at radius 1 is 1.69 bits per heavy atom. The van der Waals surface area contributed by atoms with Crippen molar-refractivity contribution in [2.45, 2.75) is 12.5 Å². The minimum atomic E-state index is -0.433. The van der Waals surface area contributed by atoms with Gasteiger partial charge in [-0.15, -0.1) is 0 Å². The Kier molecular flexibility index (Phi) is 5.28. The predicted molar refractivity (Wildman–Crippen MR) is 68.6 cm³/mol. The summed E-state index contributed by atoms with van der Waals surface area (Å²) in [5, 5.41) is 0. The lowest BCUT2D eigenvalue weighted by Crippen LogP contribution is -2.42. The van der Waals surface area contributed by atoms with Crippen molar-refractivity contribution >= 4 is 23.4 Å². The first-order chi connectivity index (χ1) is 7.66. The number of carbonyl (C=O) groups is 1. The first kappa shape index (κ1) is 13.0. The van der Waals surface area contributed by atoms with E-state index >= 15 is 0 Å². The van der Waals surface area contributed by atoms with Gasteiger partial charge in [0.25, 0.3) is 0 Å². The maximum Gasteiger partial charge on any atom is 0.243 e. The van der Waals surface area contributed by atoms with Crippen molar-refractivity contribution in [1.82, 2.24) is 4.98 Å². The normalized spacial score (nSPS) is 12.2. The topological polar surface area (TPSA) is 59.2 Å². The molecule has 2 N–H and O–H groups in total. The number of rotatable bonds is 5. The molecule has 1 heterocycles. The molecule has 0 aromatic carbocycles. The minimum Gasteiger partial charge on any atom is -0.320 e. The highest BCUT2D eigenvalue weighted by atomic mass is 32.2. The van der Waals surface area contributed by atoms with Gasteiger partial charge in [-0.2, -0.15) is 11.8 Å². The number of aromatic nitrogens is 1. The molecule has 0 saturated heterocycles. The van der Waals surface area contributed by atoms with Gasteiger partial charge in [-0.25, -0.2) is 0 Å². The third kappa shape index (κ3) is 3.50. The van der Waals surface area contributed by atoms with E-state index in [1.807, 2.05) is 12.3 Å². The van der Waals surface area contributed by atoms with Gasteiger partial charge in [-0.1, -0.05) is 0 Å². The van der Waals surface area contributed by atoms with E-state index in [0.29, 0.717) is 6.42 Å². The summed E-state index contributed by atoms with van der Waals surface area (Å²) >= 11 is 1.69. The lowest BCUT2D eigenvalue weighted by Gasteiger charge is -2.20. The summed E-state index contributed by atoms with van der Waals surface area (Å²) in [6.45, 7) is 0. The largest absolute Gasteiger partial charge is 0.320 e. The van der Waals surface area contributed by atoms with E-state index in [9.17, 15) is 4.79 Å². The van der Waals surface area contributed by atoms with E-state index in [2.05, 4.69) is 4.98 Å². The number of hydrogen-bond acceptors (Lipinski definition) is 4. The maximum atomic E-state index is 11.9. The van der Waals surface area contributed by atoms with E-state index < -0.39 is 6.04 Å². The molecule has 0 aliphatic rings. The average molecular weight is 239 g/mol. The first-order valence-corrected chi connectivity index (χ1v) is 6.48. The monoisotopic (exact) mass is 239 g/mol. The molecule has 4 nitrogen and oxygen atoms in total. The summed E-state index contributed by atoms with van der Waals surface area (Å²) < 4.78 is 0. The van der Waals surface area contributed by atoms with E-state index in [-0.39, 0.29) is 5.91 Å². The highest BCUT2D eigenvalue weighted by Gasteiger charge is 2.18. The average Bonchev–Trinajstić information content (AvgIpc) is 2.35. The molecule has 1 amide bonds. The molecule has 0 fully saturated rings. The Morgan fingerprint density at radius 3 is 3.00 bits per heavy atom. The Hall–Kier alpha value is -1.07. The van der Waals surface area contributed by atoms with Crippen molar-refractivity contribution in [3.8, 4) is 0 Å². The Balaban J connectivity index is 2.60. The fraction of sp³-hybridized carbons (Fsp3) is 0.455. The van der Waals surface area contributed by atoms with Crippen molar-refractivity contribution in [2.75, 3.05) is 24.0 Å². The van der Waals surface area contributed by atoms with Crippen LogP contribution in [0.15, 0.2) is 24.5 Å². The molecule has 0 bridgehead atoms. The number of nitrogens with two attached hydrogens (primary N) is 1. The molecule has 0 saturated carbocycles. The fourth-order valence-corrected chi connectivity index (χ4v) is 1.79. The molecular formula is C11H17N3OS. The van der Waals surface area contributed by atoms with Crippen molar-refractivity contribution in [2.24, 2.45) is 5.73 Å². The van der Waals surface area contributed by atoms with Gasteiger partial charge in [0, 0.05) is 13.2 Å². The number of anilines is 1. The van der Waals surface area contributed by atoms with E-state index in [4.69, 9.17) is 5.73 Å². The Morgan fingerprint density at radius 2 is 2.44 bits per heavy atom. The van der Waals surface area contributed by atoms with Gasteiger partial charge in [0.2, 0.25) is 5.91 Å². The van der Waals surface area contributed by atoms with Gasteiger partial charge < -0.3 is 10.6 Å². The van der Waals surface area contributed by atoms with Crippen LogP contribution in [0.2, 0.25) is 0 Å². The molecule has 88 valence electrons. The van der Waals surface area contributed by atoms with Crippen LogP contribution in [0.3, 0.4) is 0 Å². The number of carbonyl (C=O) groups excluding carboxylic acids is 1. The molecular weight excluding hydrogens is 222 g/mol. The van der Waals surface area contributed by atoms with Crippen LogP contribution in [-0.4, -0.2) is 36.0 Å². The van der Waals surface area contributed by atoms with Crippen molar-refractivity contribution in [1.29, 1.82) is 0 Å². The van der Waals surface area contributed by atoms with Crippen LogP contribution >= 0.6 is 11.8 Å². The Labute approximate surface area is 100 Å². The fourth-order valence-electron chi connectivity index (χ4n) is 1.30. The molecule has 1 aromatic rings. The summed E-state index contributed by atoms with van der Waals surface area (Å²) in [4.78, 5) is 17.4. The summed E-state index contributed by atoms with van der Waals surface area (Å²) in [7, 11) is 1.72. The van der Waals surface area contributed by atoms with Gasteiger partial charge in [-0.05, 0) is 30.6 Å². The number of pyridine rings is 1. The molecule has 0 unspecified atom stereocenters. The van der Waals surface area contributed by atoms with Gasteiger partial charge >= 0.3 is 0 Å². The Bertz CT molecular complexity index is 331. The summed E-state index contributed by atoms with van der Waals surface area (Å²) in [5.41, 5.74) is 6.59. The molecule has 1 atom stereocenters. The number of hydrogen-bond donors (Lipinski definition) is 1. The van der Waals surface area contributed by atoms with Crippen LogP contribution in [0.25, 0.3) is 0 Å². The van der Waals surface area contributed by atoms with Gasteiger partial charge in [0.1, 0.15) is 0 Å². The standard InChI is InChI=1S/C11H17N3OS/c1-14(9-4-3-6-13-8-9)11(15)10(12)5-7-16-2/h3-4,6,8,10H,5,7,12H2,1-2H3/t10-/m0/s1. The van der Waals surface area contributed by atoms with Crippen LogP contribution < -0.4 is 10.6 Å². The molecule has 0 aliphatic heterocycles. The zero-order valence-corrected chi connectivity index (χ0v) is 10.4. The number of nitrogens with zero attached hydrogens (tertiary/aromatic N) is 2. The van der Waals surface area contributed by atoms with Crippen LogP contribution in [0.5, 0.6) is 0 Å². The molecule has 0 aliphatic carbocycles. The lowest BCUT2D eigenvalue weighted by atomic mass is 10.2. The van der Waals surface area contributed by atoms with Gasteiger partial charge in [-0.3, -0.25) is 9.78 Å². The second kappa shape index (κ2) is 6.50. The highest BCUT2D eigenvalue weighted by Crippen LogP contribution is 2.11. The second-order valence-corrected chi connectivity index (χ2v) is 4.48. The van der Waals surface area contributed by atoms with Crippen molar-refractivity contribution < 1.29 is 4.79 Å². The summed E-state index contributed by atoms with van der Waals surface area (Å²) in [6.07, 6.45) is 6.03. The third-order valence-electron chi connectivity index (χ3n) is 2.31. The smallest absolute Gasteiger partial charge is 0.243 e. The van der Waals surface area contributed by atoms with Crippen LogP contribution in [0.4, 0.5) is 5.69 Å². The van der Waals surface area contributed by atoms with Crippen molar-refractivity contribution in [3.63, 3.8) is 0 Å². The number of amides is 1. The van der Waals surface area contributed by atoms with Crippen molar-refractivity contribution in [3.05, 3.63) is 24.5 Å². The van der Waals surface area contributed by atoms with Crippen LogP contribution in [0, 0.1) is 0 Å². The molecule has 0 radical (unpaired) electrons. The molecule has 5 heteroatoms. The molecule has 16 heavy (non-hydrogen) atoms.